The summed E-state index contributed by atoms with van der Waals surface area (Å²) < 4.78 is 21.8. The van der Waals surface area contributed by atoms with E-state index < -0.39 is 0 Å². The number of hydrogen-bond donors (Lipinski definition) is 0. The van der Waals surface area contributed by atoms with Crippen molar-refractivity contribution in [2.45, 2.75) is 45.1 Å². The topological polar surface area (TPSA) is 47.4 Å². The molecule has 6 heteroatoms. The molecule has 0 N–H and O–H groups in total. The first kappa shape index (κ1) is 23.1. The predicted octanol–water partition coefficient (Wildman–Crippen LogP) is 6.07. The Morgan fingerprint density at radius 2 is 1.71 bits per heavy atom. The largest absolute Gasteiger partial charge is 0.491 e. The van der Waals surface area contributed by atoms with E-state index in [1.54, 1.807) is 17.0 Å². The number of benzene rings is 3. The number of anilines is 1. The number of hydrogen-bond acceptors (Lipinski definition) is 3. The summed E-state index contributed by atoms with van der Waals surface area (Å²) in [6.45, 7) is 8.17. The van der Waals surface area contributed by atoms with E-state index >= 15 is 0 Å². The third-order valence-electron chi connectivity index (χ3n) is 6.58. The van der Waals surface area contributed by atoms with E-state index in [9.17, 15) is 9.18 Å². The lowest BCUT2D eigenvalue weighted by Crippen LogP contribution is -2.24. The van der Waals surface area contributed by atoms with E-state index in [-0.39, 0.29) is 23.1 Å². The quantitative estimate of drug-likeness (QED) is 0.343. The van der Waals surface area contributed by atoms with Crippen LogP contribution in [0.1, 0.15) is 44.5 Å². The van der Waals surface area contributed by atoms with Crippen LogP contribution in [-0.2, 0) is 16.8 Å². The van der Waals surface area contributed by atoms with Crippen LogP contribution in [-0.4, -0.2) is 28.6 Å². The van der Waals surface area contributed by atoms with Crippen molar-refractivity contribution >= 4 is 22.6 Å². The summed E-state index contributed by atoms with van der Waals surface area (Å²) in [6.07, 6.45) is 0.369. The summed E-state index contributed by atoms with van der Waals surface area (Å²) in [5, 5.41) is 0. The molecule has 1 aromatic heterocycles. The van der Waals surface area contributed by atoms with Gasteiger partial charge in [-0.05, 0) is 53.4 Å². The van der Waals surface area contributed by atoms with Gasteiger partial charge >= 0.3 is 0 Å². The monoisotopic (exact) mass is 471 g/mol. The molecule has 1 aliphatic heterocycles. The molecule has 1 fully saturated rings. The summed E-state index contributed by atoms with van der Waals surface area (Å²) in [5.41, 5.74) is 3.81. The van der Waals surface area contributed by atoms with Gasteiger partial charge in [-0.2, -0.15) is 0 Å². The number of imidazole rings is 1. The van der Waals surface area contributed by atoms with Gasteiger partial charge in [0, 0.05) is 24.6 Å². The molecule has 5 nitrogen and oxygen atoms in total. The van der Waals surface area contributed by atoms with Crippen LogP contribution in [0.25, 0.3) is 11.0 Å². The van der Waals surface area contributed by atoms with Crippen molar-refractivity contribution < 1.29 is 13.9 Å². The van der Waals surface area contributed by atoms with Crippen molar-refractivity contribution in [2.24, 2.45) is 0 Å². The smallest absolute Gasteiger partial charge is 0.227 e. The Morgan fingerprint density at radius 3 is 2.49 bits per heavy atom. The standard InChI is InChI=1S/C29H30FN3O2/c1-29(2,3)23-8-4-7-11-26(23)35-17-16-32-25-10-6-5-9-24(25)31-28(32)20-18-27(34)33(19-20)22-14-12-21(30)13-15-22/h4-15,20H,16-19H2,1-3H3. The van der Waals surface area contributed by atoms with Crippen molar-refractivity contribution in [3.05, 3.63) is 90.0 Å². The molecule has 2 heterocycles. The zero-order valence-electron chi connectivity index (χ0n) is 20.4. The summed E-state index contributed by atoms with van der Waals surface area (Å²) in [4.78, 5) is 19.5. The lowest BCUT2D eigenvalue weighted by atomic mass is 9.86. The molecule has 1 atom stereocenters. The molecule has 1 aliphatic rings. The molecule has 1 unspecified atom stereocenters. The van der Waals surface area contributed by atoms with Gasteiger partial charge in [0.15, 0.2) is 0 Å². The molecule has 1 saturated heterocycles. The Hall–Kier alpha value is -3.67. The second-order valence-electron chi connectivity index (χ2n) is 10.1. The predicted molar refractivity (Wildman–Crippen MR) is 136 cm³/mol. The average Bonchev–Trinajstić information content (AvgIpc) is 3.40. The van der Waals surface area contributed by atoms with E-state index in [1.807, 2.05) is 36.4 Å². The van der Waals surface area contributed by atoms with Crippen LogP contribution in [0.5, 0.6) is 5.75 Å². The molecule has 180 valence electrons. The SMILES string of the molecule is CC(C)(C)c1ccccc1OCCn1c(C2CC(=O)N(c3ccc(F)cc3)C2)nc2ccccc21. The third kappa shape index (κ3) is 4.65. The number of carbonyl (C=O) groups is 1. The minimum absolute atomic E-state index is 0.0164. The summed E-state index contributed by atoms with van der Waals surface area (Å²) in [5.74, 6) is 1.44. The highest BCUT2D eigenvalue weighted by atomic mass is 19.1. The maximum absolute atomic E-state index is 13.4. The van der Waals surface area contributed by atoms with E-state index in [0.717, 1.165) is 22.6 Å². The number of aromatic nitrogens is 2. The minimum atomic E-state index is -0.313. The fraction of sp³-hybridized carbons (Fsp3) is 0.310. The first-order chi connectivity index (χ1) is 16.8. The van der Waals surface area contributed by atoms with E-state index in [2.05, 4.69) is 37.5 Å². The van der Waals surface area contributed by atoms with E-state index in [1.165, 1.54) is 17.7 Å². The van der Waals surface area contributed by atoms with Gasteiger partial charge in [0.2, 0.25) is 5.91 Å². The molecular weight excluding hydrogens is 441 g/mol. The Labute approximate surface area is 205 Å². The van der Waals surface area contributed by atoms with Crippen molar-refractivity contribution in [2.75, 3.05) is 18.1 Å². The number of halogens is 1. The Balaban J connectivity index is 1.40. The van der Waals surface area contributed by atoms with Crippen molar-refractivity contribution in [1.29, 1.82) is 0 Å². The van der Waals surface area contributed by atoms with Crippen LogP contribution in [0.2, 0.25) is 0 Å². The Bertz CT molecular complexity index is 1350. The van der Waals surface area contributed by atoms with E-state index in [4.69, 9.17) is 9.72 Å². The molecule has 3 aromatic carbocycles. The van der Waals surface area contributed by atoms with E-state index in [0.29, 0.717) is 31.8 Å². The minimum Gasteiger partial charge on any atom is -0.491 e. The first-order valence-corrected chi connectivity index (χ1v) is 12.0. The second-order valence-corrected chi connectivity index (χ2v) is 10.1. The lowest BCUT2D eigenvalue weighted by molar-refractivity contribution is -0.117. The molecule has 0 saturated carbocycles. The van der Waals surface area contributed by atoms with Crippen molar-refractivity contribution in [1.82, 2.24) is 9.55 Å². The number of carbonyl (C=O) groups excluding carboxylic acids is 1. The highest BCUT2D eigenvalue weighted by molar-refractivity contribution is 5.96. The van der Waals surface area contributed by atoms with Crippen LogP contribution in [0.4, 0.5) is 10.1 Å². The fourth-order valence-corrected chi connectivity index (χ4v) is 4.85. The summed E-state index contributed by atoms with van der Waals surface area (Å²) in [6, 6.07) is 22.3. The fourth-order valence-electron chi connectivity index (χ4n) is 4.85. The van der Waals surface area contributed by atoms with Gasteiger partial charge in [-0.3, -0.25) is 4.79 Å². The second kappa shape index (κ2) is 9.17. The maximum Gasteiger partial charge on any atom is 0.227 e. The zero-order valence-corrected chi connectivity index (χ0v) is 20.4. The van der Waals surface area contributed by atoms with Gasteiger partial charge in [-0.15, -0.1) is 0 Å². The Morgan fingerprint density at radius 1 is 1.00 bits per heavy atom. The average molecular weight is 472 g/mol. The Kier molecular flexibility index (Phi) is 6.05. The van der Waals surface area contributed by atoms with Crippen LogP contribution in [0.3, 0.4) is 0 Å². The summed E-state index contributed by atoms with van der Waals surface area (Å²) in [7, 11) is 0. The van der Waals surface area contributed by atoms with Gasteiger partial charge in [-0.25, -0.2) is 9.37 Å². The van der Waals surface area contributed by atoms with Crippen molar-refractivity contribution in [3.63, 3.8) is 0 Å². The van der Waals surface area contributed by atoms with Crippen LogP contribution >= 0.6 is 0 Å². The molecule has 0 aliphatic carbocycles. The van der Waals surface area contributed by atoms with Crippen LogP contribution in [0, 0.1) is 5.82 Å². The normalized spacial score (nSPS) is 16.3. The first-order valence-electron chi connectivity index (χ1n) is 12.0. The van der Waals surface area contributed by atoms with Gasteiger partial charge in [-0.1, -0.05) is 51.1 Å². The molecule has 35 heavy (non-hydrogen) atoms. The van der Waals surface area contributed by atoms with Gasteiger partial charge in [0.1, 0.15) is 24.0 Å². The molecule has 0 radical (unpaired) electrons. The molecule has 0 bridgehead atoms. The molecule has 5 rings (SSSR count). The number of amides is 1. The molecular formula is C29H30FN3O2. The molecule has 1 amide bonds. The highest BCUT2D eigenvalue weighted by Crippen LogP contribution is 2.34. The van der Waals surface area contributed by atoms with Gasteiger partial charge < -0.3 is 14.2 Å². The third-order valence-corrected chi connectivity index (χ3v) is 6.58. The van der Waals surface area contributed by atoms with Crippen LogP contribution < -0.4 is 9.64 Å². The van der Waals surface area contributed by atoms with Crippen LogP contribution in [0.15, 0.2) is 72.8 Å². The highest BCUT2D eigenvalue weighted by Gasteiger charge is 2.35. The number of fused-ring (bicyclic) bond motifs is 1. The zero-order chi connectivity index (χ0) is 24.6. The van der Waals surface area contributed by atoms with Gasteiger partial charge in [0.05, 0.1) is 17.6 Å². The number of ether oxygens (including phenoxy) is 1. The molecule has 4 aromatic rings. The lowest BCUT2D eigenvalue weighted by Gasteiger charge is -2.23. The number of rotatable bonds is 6. The van der Waals surface area contributed by atoms with Crippen molar-refractivity contribution in [3.8, 4) is 5.75 Å². The number of nitrogens with zero attached hydrogens (tertiary/aromatic N) is 3. The van der Waals surface area contributed by atoms with Gasteiger partial charge in [0.25, 0.3) is 0 Å². The maximum atomic E-state index is 13.4. The number of para-hydroxylation sites is 3. The molecule has 0 spiro atoms. The summed E-state index contributed by atoms with van der Waals surface area (Å²) >= 11 is 0.